The van der Waals surface area contributed by atoms with Crippen molar-refractivity contribution in [2.24, 2.45) is 0 Å². The minimum absolute atomic E-state index is 0.0827. The molecule has 0 aliphatic rings. The van der Waals surface area contributed by atoms with E-state index in [9.17, 15) is 16.8 Å². The van der Waals surface area contributed by atoms with Gasteiger partial charge in [0.05, 0.1) is 22.1 Å². The van der Waals surface area contributed by atoms with Crippen LogP contribution in [0.3, 0.4) is 0 Å². The molecule has 0 aliphatic carbocycles. The van der Waals surface area contributed by atoms with Gasteiger partial charge in [-0.25, -0.2) is 21.6 Å². The van der Waals surface area contributed by atoms with Crippen LogP contribution in [-0.4, -0.2) is 44.1 Å². The molecule has 2 aromatic carbocycles. The molecule has 0 bridgehead atoms. The first kappa shape index (κ1) is 22.4. The third-order valence-corrected chi connectivity index (χ3v) is 7.97. The predicted octanol–water partition coefficient (Wildman–Crippen LogP) is 2.36. The molecule has 28 heavy (non-hydrogen) atoms. The number of nitrogens with one attached hydrogen (secondary N) is 1. The molecule has 2 aromatic rings. The van der Waals surface area contributed by atoms with Gasteiger partial charge in [-0.3, -0.25) is 4.31 Å². The van der Waals surface area contributed by atoms with Gasteiger partial charge in [0.2, 0.25) is 10.0 Å². The van der Waals surface area contributed by atoms with Gasteiger partial charge in [0.15, 0.2) is 0 Å². The quantitative estimate of drug-likeness (QED) is 0.654. The van der Waals surface area contributed by atoms with Gasteiger partial charge in [0.1, 0.15) is 0 Å². The molecule has 0 aromatic heterocycles. The molecule has 0 heterocycles. The first-order valence-corrected chi connectivity index (χ1v) is 11.6. The summed E-state index contributed by atoms with van der Waals surface area (Å²) in [4.78, 5) is 0.221. The van der Waals surface area contributed by atoms with Gasteiger partial charge in [-0.2, -0.15) is 0 Å². The summed E-state index contributed by atoms with van der Waals surface area (Å²) in [6, 6.07) is 9.72. The van der Waals surface area contributed by atoms with Crippen LogP contribution in [0.5, 0.6) is 0 Å². The Kier molecular flexibility index (Phi) is 6.87. The SMILES string of the molecule is COCCNS(=O)(=O)c1c(C)cc(C)c(N(C)S(=O)(=O)c2ccccc2)c1C. The lowest BCUT2D eigenvalue weighted by molar-refractivity contribution is 0.204. The van der Waals surface area contributed by atoms with Crippen molar-refractivity contribution in [2.75, 3.05) is 31.6 Å². The van der Waals surface area contributed by atoms with E-state index >= 15 is 0 Å². The zero-order valence-corrected chi connectivity index (χ0v) is 18.3. The molecule has 1 N–H and O–H groups in total. The summed E-state index contributed by atoms with van der Waals surface area (Å²) in [7, 11) is -4.75. The summed E-state index contributed by atoms with van der Waals surface area (Å²) in [5.74, 6) is 0. The van der Waals surface area contributed by atoms with Crippen molar-refractivity contribution in [1.29, 1.82) is 0 Å². The highest BCUT2D eigenvalue weighted by molar-refractivity contribution is 7.92. The van der Waals surface area contributed by atoms with Crippen LogP contribution in [-0.2, 0) is 24.8 Å². The monoisotopic (exact) mass is 426 g/mol. The van der Waals surface area contributed by atoms with Gasteiger partial charge >= 0.3 is 0 Å². The number of methoxy groups -OCH3 is 1. The molecular weight excluding hydrogens is 400 g/mol. The summed E-state index contributed by atoms with van der Waals surface area (Å²) in [5, 5.41) is 0. The number of rotatable bonds is 8. The van der Waals surface area contributed by atoms with Crippen molar-refractivity contribution in [3.8, 4) is 0 Å². The highest BCUT2D eigenvalue weighted by Crippen LogP contribution is 2.34. The predicted molar refractivity (Wildman–Crippen MR) is 110 cm³/mol. The molecule has 9 heteroatoms. The van der Waals surface area contributed by atoms with Crippen LogP contribution in [0.15, 0.2) is 46.2 Å². The molecule has 0 saturated heterocycles. The number of nitrogens with zero attached hydrogens (tertiary/aromatic N) is 1. The molecule has 0 atom stereocenters. The Balaban J connectivity index is 2.60. The number of aryl methyl sites for hydroxylation is 2. The number of hydrogen-bond acceptors (Lipinski definition) is 5. The van der Waals surface area contributed by atoms with E-state index in [2.05, 4.69) is 4.72 Å². The maximum Gasteiger partial charge on any atom is 0.264 e. The van der Waals surface area contributed by atoms with E-state index in [1.54, 1.807) is 45.0 Å². The van der Waals surface area contributed by atoms with Crippen LogP contribution in [0.25, 0.3) is 0 Å². The van der Waals surface area contributed by atoms with Crippen molar-refractivity contribution in [1.82, 2.24) is 4.72 Å². The maximum atomic E-state index is 13.0. The van der Waals surface area contributed by atoms with Gasteiger partial charge in [0.25, 0.3) is 10.0 Å². The van der Waals surface area contributed by atoms with E-state index in [1.165, 1.54) is 26.3 Å². The van der Waals surface area contributed by atoms with Gasteiger partial charge in [-0.1, -0.05) is 24.3 Å². The van der Waals surface area contributed by atoms with Crippen LogP contribution < -0.4 is 9.03 Å². The fraction of sp³-hybridized carbons (Fsp3) is 0.368. The van der Waals surface area contributed by atoms with Crippen LogP contribution in [0.4, 0.5) is 5.69 Å². The number of ether oxygens (including phenoxy) is 1. The molecule has 7 nitrogen and oxygen atoms in total. The Bertz CT molecular complexity index is 1050. The Morgan fingerprint density at radius 2 is 1.61 bits per heavy atom. The van der Waals surface area contributed by atoms with Gasteiger partial charge in [0, 0.05) is 20.7 Å². The van der Waals surface area contributed by atoms with Crippen LogP contribution in [0.1, 0.15) is 16.7 Å². The van der Waals surface area contributed by atoms with E-state index in [0.717, 1.165) is 4.31 Å². The molecule has 0 amide bonds. The zero-order valence-electron chi connectivity index (χ0n) is 16.7. The van der Waals surface area contributed by atoms with E-state index in [-0.39, 0.29) is 22.9 Å². The highest BCUT2D eigenvalue weighted by Gasteiger charge is 2.28. The lowest BCUT2D eigenvalue weighted by atomic mass is 10.1. The normalized spacial score (nSPS) is 12.2. The van der Waals surface area contributed by atoms with Crippen molar-refractivity contribution < 1.29 is 21.6 Å². The summed E-state index contributed by atoms with van der Waals surface area (Å²) < 4.78 is 60.2. The maximum absolute atomic E-state index is 13.0. The molecule has 0 aliphatic heterocycles. The summed E-state index contributed by atoms with van der Waals surface area (Å²) in [5.41, 5.74) is 1.95. The fourth-order valence-corrected chi connectivity index (χ4v) is 6.09. The van der Waals surface area contributed by atoms with Crippen molar-refractivity contribution in [3.05, 3.63) is 53.1 Å². The Morgan fingerprint density at radius 1 is 1.00 bits per heavy atom. The number of anilines is 1. The molecule has 2 rings (SSSR count). The molecule has 0 spiro atoms. The minimum Gasteiger partial charge on any atom is -0.383 e. The molecular formula is C19H26N2O5S2. The minimum atomic E-state index is -3.83. The number of hydrogen-bond donors (Lipinski definition) is 1. The largest absolute Gasteiger partial charge is 0.383 e. The number of sulfonamides is 2. The standard InChI is InChI=1S/C19H26N2O5S2/c1-14-13-15(2)19(27(22,23)20-11-12-26-5)16(3)18(14)21(4)28(24,25)17-9-7-6-8-10-17/h6-10,13,20H,11-12H2,1-5H3. The second kappa shape index (κ2) is 8.60. The zero-order chi connectivity index (χ0) is 21.1. The van der Waals surface area contributed by atoms with E-state index < -0.39 is 20.0 Å². The third-order valence-electron chi connectivity index (χ3n) is 4.44. The van der Waals surface area contributed by atoms with Crippen LogP contribution >= 0.6 is 0 Å². The van der Waals surface area contributed by atoms with Gasteiger partial charge < -0.3 is 4.74 Å². The van der Waals surface area contributed by atoms with Crippen molar-refractivity contribution in [2.45, 2.75) is 30.6 Å². The average Bonchev–Trinajstić information content (AvgIpc) is 2.61. The van der Waals surface area contributed by atoms with Crippen molar-refractivity contribution >= 4 is 25.7 Å². The first-order valence-electron chi connectivity index (χ1n) is 8.67. The fourth-order valence-electron chi connectivity index (χ4n) is 3.28. The topological polar surface area (TPSA) is 92.8 Å². The van der Waals surface area contributed by atoms with Gasteiger partial charge in [-0.05, 0) is 49.6 Å². The van der Waals surface area contributed by atoms with E-state index in [4.69, 9.17) is 4.74 Å². The Hall–Kier alpha value is -1.94. The first-order chi connectivity index (χ1) is 13.0. The summed E-state index contributed by atoms with van der Waals surface area (Å²) >= 11 is 0. The van der Waals surface area contributed by atoms with Crippen LogP contribution in [0, 0.1) is 20.8 Å². The Morgan fingerprint density at radius 3 is 2.18 bits per heavy atom. The Labute approximate surface area is 167 Å². The lowest BCUT2D eigenvalue weighted by Gasteiger charge is -2.26. The molecule has 0 saturated carbocycles. The summed E-state index contributed by atoms with van der Waals surface area (Å²) in [6.45, 7) is 5.44. The second-order valence-corrected chi connectivity index (χ2v) is 10.2. The van der Waals surface area contributed by atoms with E-state index in [1.807, 2.05) is 0 Å². The van der Waals surface area contributed by atoms with Gasteiger partial charge in [-0.15, -0.1) is 0 Å². The number of benzene rings is 2. The molecule has 154 valence electrons. The molecule has 0 unspecified atom stereocenters. The smallest absolute Gasteiger partial charge is 0.264 e. The average molecular weight is 427 g/mol. The summed E-state index contributed by atoms with van der Waals surface area (Å²) in [6.07, 6.45) is 0. The molecule has 0 fully saturated rings. The highest BCUT2D eigenvalue weighted by atomic mass is 32.2. The third kappa shape index (κ3) is 4.38. The van der Waals surface area contributed by atoms with E-state index in [0.29, 0.717) is 22.4 Å². The second-order valence-electron chi connectivity index (χ2n) is 6.49. The van der Waals surface area contributed by atoms with Crippen LogP contribution in [0.2, 0.25) is 0 Å². The lowest BCUT2D eigenvalue weighted by Crippen LogP contribution is -2.31. The van der Waals surface area contributed by atoms with Crippen molar-refractivity contribution in [3.63, 3.8) is 0 Å². The molecule has 0 radical (unpaired) electrons.